The molecule has 0 amide bonds. The molecule has 1 heterocycles. The quantitative estimate of drug-likeness (QED) is 0.825. The van der Waals surface area contributed by atoms with Gasteiger partial charge >= 0.3 is 0 Å². The zero-order valence-electron chi connectivity index (χ0n) is 9.37. The Kier molecular flexibility index (Phi) is 2.89. The Morgan fingerprint density at radius 2 is 1.88 bits per heavy atom. The molecule has 0 aliphatic heterocycles. The summed E-state index contributed by atoms with van der Waals surface area (Å²) in [6.45, 7) is 0. The van der Waals surface area contributed by atoms with Crippen LogP contribution in [0.15, 0.2) is 41.4 Å². The fraction of sp³-hybridized carbons (Fsp3) is 0.182. The first-order valence-corrected chi connectivity index (χ1v) is 6.69. The minimum absolute atomic E-state index is 0.0994. The summed E-state index contributed by atoms with van der Waals surface area (Å²) in [6, 6.07) is 7.85. The van der Waals surface area contributed by atoms with Crippen LogP contribution in [0.1, 0.15) is 5.69 Å². The Balaban J connectivity index is 2.28. The van der Waals surface area contributed by atoms with Crippen LogP contribution in [-0.4, -0.2) is 18.2 Å². The van der Waals surface area contributed by atoms with Crippen molar-refractivity contribution in [1.29, 1.82) is 0 Å². The summed E-state index contributed by atoms with van der Waals surface area (Å²) in [7, 11) is -1.60. The van der Waals surface area contributed by atoms with E-state index in [2.05, 4.69) is 5.10 Å². The van der Waals surface area contributed by atoms with E-state index in [0.717, 1.165) is 0 Å². The van der Waals surface area contributed by atoms with E-state index in [1.807, 2.05) is 0 Å². The van der Waals surface area contributed by atoms with Crippen LogP contribution in [0.4, 0.5) is 5.69 Å². The van der Waals surface area contributed by atoms with Gasteiger partial charge in [-0.1, -0.05) is 0 Å². The molecule has 0 saturated heterocycles. The lowest BCUT2D eigenvalue weighted by Crippen LogP contribution is -2.06. The first-order valence-electron chi connectivity index (χ1n) is 5.04. The van der Waals surface area contributed by atoms with E-state index >= 15 is 0 Å². The predicted octanol–water partition coefficient (Wildman–Crippen LogP) is 0.976. The average molecular weight is 251 g/mol. The molecule has 0 bridgehead atoms. The van der Waals surface area contributed by atoms with E-state index in [0.29, 0.717) is 11.4 Å². The number of aromatic nitrogens is 2. The molecule has 90 valence electrons. The molecule has 2 aromatic rings. The zero-order chi connectivity index (χ0) is 12.5. The molecule has 0 aliphatic carbocycles. The summed E-state index contributed by atoms with van der Waals surface area (Å²) in [5, 5.41) is 4.05. The molecule has 0 radical (unpaired) electrons. The Morgan fingerprint density at radius 1 is 1.24 bits per heavy atom. The van der Waals surface area contributed by atoms with Crippen molar-refractivity contribution < 1.29 is 8.42 Å². The van der Waals surface area contributed by atoms with Gasteiger partial charge < -0.3 is 5.73 Å². The van der Waals surface area contributed by atoms with Crippen molar-refractivity contribution in [2.24, 2.45) is 7.05 Å². The van der Waals surface area contributed by atoms with Gasteiger partial charge in [-0.25, -0.2) is 8.42 Å². The maximum absolute atomic E-state index is 12.0. The largest absolute Gasteiger partial charge is 0.399 e. The third-order valence-electron chi connectivity index (χ3n) is 2.35. The van der Waals surface area contributed by atoms with E-state index in [-0.39, 0.29) is 10.6 Å². The summed E-state index contributed by atoms with van der Waals surface area (Å²) in [4.78, 5) is 0.261. The Morgan fingerprint density at radius 3 is 2.41 bits per heavy atom. The minimum Gasteiger partial charge on any atom is -0.399 e. The molecule has 0 atom stereocenters. The molecule has 0 saturated carbocycles. The van der Waals surface area contributed by atoms with E-state index in [9.17, 15) is 8.42 Å². The van der Waals surface area contributed by atoms with Gasteiger partial charge in [0.05, 0.1) is 16.3 Å². The fourth-order valence-electron chi connectivity index (χ4n) is 1.49. The van der Waals surface area contributed by atoms with E-state index in [1.54, 1.807) is 36.1 Å². The molecule has 0 spiro atoms. The summed E-state index contributed by atoms with van der Waals surface area (Å²) in [5.41, 5.74) is 6.59. The molecule has 0 unspecified atom stereocenters. The minimum atomic E-state index is -3.35. The molecule has 6 heteroatoms. The van der Waals surface area contributed by atoms with Crippen LogP contribution < -0.4 is 5.73 Å². The monoisotopic (exact) mass is 251 g/mol. The number of aryl methyl sites for hydroxylation is 1. The van der Waals surface area contributed by atoms with Gasteiger partial charge in [-0.3, -0.25) is 4.68 Å². The number of hydrogen-bond acceptors (Lipinski definition) is 4. The number of rotatable bonds is 3. The van der Waals surface area contributed by atoms with Crippen molar-refractivity contribution in [2.75, 3.05) is 5.73 Å². The lowest BCUT2D eigenvalue weighted by molar-refractivity contribution is 0.594. The molecular formula is C11H13N3O2S. The summed E-state index contributed by atoms with van der Waals surface area (Å²) < 4.78 is 25.6. The highest BCUT2D eigenvalue weighted by Crippen LogP contribution is 2.16. The predicted molar refractivity (Wildman–Crippen MR) is 65.0 cm³/mol. The normalized spacial score (nSPS) is 11.6. The summed E-state index contributed by atoms with van der Waals surface area (Å²) >= 11 is 0. The molecule has 1 aromatic carbocycles. The van der Waals surface area contributed by atoms with E-state index < -0.39 is 9.84 Å². The van der Waals surface area contributed by atoms with Gasteiger partial charge in [0, 0.05) is 18.9 Å². The lowest BCUT2D eigenvalue weighted by atomic mass is 10.3. The topological polar surface area (TPSA) is 78.0 Å². The molecule has 1 aromatic heterocycles. The third-order valence-corrected chi connectivity index (χ3v) is 4.01. The smallest absolute Gasteiger partial charge is 0.184 e. The molecule has 2 N–H and O–H groups in total. The Hall–Kier alpha value is -1.82. The number of anilines is 1. The van der Waals surface area contributed by atoms with Crippen molar-refractivity contribution in [3.05, 3.63) is 42.2 Å². The van der Waals surface area contributed by atoms with Crippen LogP contribution in [0.25, 0.3) is 0 Å². The number of nitrogens with two attached hydrogens (primary N) is 1. The molecule has 5 nitrogen and oxygen atoms in total. The van der Waals surface area contributed by atoms with Crippen LogP contribution in [0.5, 0.6) is 0 Å². The Labute approximate surface area is 99.8 Å². The number of nitrogen functional groups attached to an aromatic ring is 1. The van der Waals surface area contributed by atoms with Crippen molar-refractivity contribution in [3.8, 4) is 0 Å². The standard InChI is InChI=1S/C11H13N3O2S/c1-14-7-6-10(13-14)8-17(15,16)11-4-2-9(12)3-5-11/h2-7H,8,12H2,1H3. The van der Waals surface area contributed by atoms with Gasteiger partial charge in [0.2, 0.25) is 0 Å². The first-order chi connectivity index (χ1) is 7.97. The van der Waals surface area contributed by atoms with Gasteiger partial charge in [-0.05, 0) is 30.3 Å². The maximum atomic E-state index is 12.0. The third kappa shape index (κ3) is 2.65. The van der Waals surface area contributed by atoms with Gasteiger partial charge in [0.1, 0.15) is 0 Å². The summed E-state index contributed by atoms with van der Waals surface area (Å²) in [5.74, 6) is -0.0994. The summed E-state index contributed by atoms with van der Waals surface area (Å²) in [6.07, 6.45) is 1.72. The molecule has 17 heavy (non-hydrogen) atoms. The van der Waals surface area contributed by atoms with E-state index in [1.165, 1.54) is 12.1 Å². The van der Waals surface area contributed by atoms with Gasteiger partial charge in [-0.15, -0.1) is 0 Å². The highest BCUT2D eigenvalue weighted by atomic mass is 32.2. The van der Waals surface area contributed by atoms with Crippen LogP contribution in [0, 0.1) is 0 Å². The molecule has 0 aliphatic rings. The number of nitrogens with zero attached hydrogens (tertiary/aromatic N) is 2. The van der Waals surface area contributed by atoms with Crippen LogP contribution >= 0.6 is 0 Å². The average Bonchev–Trinajstić information content (AvgIpc) is 2.63. The second-order valence-corrected chi connectivity index (χ2v) is 5.80. The van der Waals surface area contributed by atoms with Crippen molar-refractivity contribution in [1.82, 2.24) is 9.78 Å². The van der Waals surface area contributed by atoms with Crippen molar-refractivity contribution in [3.63, 3.8) is 0 Å². The Bertz CT molecular complexity index is 614. The van der Waals surface area contributed by atoms with Crippen LogP contribution in [-0.2, 0) is 22.6 Å². The molecular weight excluding hydrogens is 238 g/mol. The first kappa shape index (κ1) is 11.7. The van der Waals surface area contributed by atoms with Gasteiger partial charge in [0.15, 0.2) is 9.84 Å². The SMILES string of the molecule is Cn1ccc(CS(=O)(=O)c2ccc(N)cc2)n1. The fourth-order valence-corrected chi connectivity index (χ4v) is 2.75. The second-order valence-electron chi connectivity index (χ2n) is 3.81. The lowest BCUT2D eigenvalue weighted by Gasteiger charge is -2.02. The van der Waals surface area contributed by atoms with Crippen LogP contribution in [0.3, 0.4) is 0 Å². The van der Waals surface area contributed by atoms with Crippen molar-refractivity contribution in [2.45, 2.75) is 10.6 Å². The van der Waals surface area contributed by atoms with Crippen LogP contribution in [0.2, 0.25) is 0 Å². The number of sulfone groups is 1. The highest BCUT2D eigenvalue weighted by molar-refractivity contribution is 7.90. The maximum Gasteiger partial charge on any atom is 0.184 e. The number of hydrogen-bond donors (Lipinski definition) is 1. The second kappa shape index (κ2) is 4.21. The van der Waals surface area contributed by atoms with E-state index in [4.69, 9.17) is 5.73 Å². The molecule has 2 rings (SSSR count). The molecule has 0 fully saturated rings. The highest BCUT2D eigenvalue weighted by Gasteiger charge is 2.16. The van der Waals surface area contributed by atoms with Gasteiger partial charge in [-0.2, -0.15) is 5.10 Å². The number of benzene rings is 1. The van der Waals surface area contributed by atoms with Crippen molar-refractivity contribution >= 4 is 15.5 Å². The zero-order valence-corrected chi connectivity index (χ0v) is 10.2. The van der Waals surface area contributed by atoms with Gasteiger partial charge in [0.25, 0.3) is 0 Å².